The van der Waals surface area contributed by atoms with Gasteiger partial charge in [-0.2, -0.15) is 0 Å². The lowest BCUT2D eigenvalue weighted by Crippen LogP contribution is -2.31. The molecule has 4 heteroatoms. The number of rotatable bonds is 7. The van der Waals surface area contributed by atoms with Crippen LogP contribution in [0.3, 0.4) is 0 Å². The molecule has 1 heterocycles. The van der Waals surface area contributed by atoms with Gasteiger partial charge in [0.2, 0.25) is 5.91 Å². The Morgan fingerprint density at radius 1 is 1.10 bits per heavy atom. The quantitative estimate of drug-likeness (QED) is 0.552. The molecule has 2 unspecified atom stereocenters. The van der Waals surface area contributed by atoms with Crippen molar-refractivity contribution in [3.8, 4) is 0 Å². The maximum atomic E-state index is 12.4. The van der Waals surface area contributed by atoms with Crippen molar-refractivity contribution in [3.05, 3.63) is 77.9 Å². The summed E-state index contributed by atoms with van der Waals surface area (Å²) in [5.41, 5.74) is 3.83. The van der Waals surface area contributed by atoms with E-state index in [0.717, 1.165) is 42.5 Å². The number of hydrogen-bond acceptors (Lipinski definition) is 3. The van der Waals surface area contributed by atoms with Gasteiger partial charge in [0.25, 0.3) is 0 Å². The Balaban J connectivity index is 1.30. The molecule has 0 radical (unpaired) electrons. The van der Waals surface area contributed by atoms with E-state index in [1.54, 1.807) is 0 Å². The number of fused-ring (bicyclic) bond motifs is 1. The largest absolute Gasteiger partial charge is 0.465 e. The van der Waals surface area contributed by atoms with Crippen LogP contribution in [0.25, 0.3) is 0 Å². The second-order valence-electron chi connectivity index (χ2n) is 8.34. The number of anilines is 1. The molecule has 1 amide bonds. The summed E-state index contributed by atoms with van der Waals surface area (Å²) >= 11 is 0. The van der Waals surface area contributed by atoms with Crippen LogP contribution in [-0.4, -0.2) is 18.5 Å². The molecule has 1 aliphatic carbocycles. The molecule has 1 N–H and O–H groups in total. The number of nitrogens with one attached hydrogen (secondary N) is 1. The van der Waals surface area contributed by atoms with Gasteiger partial charge in [-0.1, -0.05) is 54.6 Å². The molecular weight excluding hydrogens is 362 g/mol. The van der Waals surface area contributed by atoms with Gasteiger partial charge in [-0.3, -0.25) is 9.59 Å². The average Bonchev–Trinajstić information content (AvgIpc) is 3.18. The van der Waals surface area contributed by atoms with E-state index < -0.39 is 5.41 Å². The van der Waals surface area contributed by atoms with E-state index in [4.69, 9.17) is 4.74 Å². The van der Waals surface area contributed by atoms with Gasteiger partial charge in [0.15, 0.2) is 0 Å². The normalized spacial score (nSPS) is 23.0. The smallest absolute Gasteiger partial charge is 0.313 e. The number of esters is 1. The molecule has 4 nitrogen and oxygen atoms in total. The molecule has 4 rings (SSSR count). The lowest BCUT2D eigenvalue weighted by atomic mass is 9.75. The third kappa shape index (κ3) is 4.26. The number of carbonyl (C=O) groups excluding carboxylic acids is 2. The predicted octanol–water partition coefficient (Wildman–Crippen LogP) is 4.70. The molecule has 1 saturated heterocycles. The number of amides is 1. The Morgan fingerprint density at radius 2 is 1.86 bits per heavy atom. The van der Waals surface area contributed by atoms with Crippen molar-refractivity contribution >= 4 is 17.6 Å². The molecule has 2 aliphatic rings. The highest BCUT2D eigenvalue weighted by molar-refractivity contribution is 5.90. The summed E-state index contributed by atoms with van der Waals surface area (Å²) in [6, 6.07) is 18.0. The highest BCUT2D eigenvalue weighted by Gasteiger charge is 2.55. The van der Waals surface area contributed by atoms with Crippen LogP contribution >= 0.6 is 0 Å². The summed E-state index contributed by atoms with van der Waals surface area (Å²) < 4.78 is 5.35. The van der Waals surface area contributed by atoms with Crippen LogP contribution in [0.5, 0.6) is 0 Å². The fourth-order valence-electron chi connectivity index (χ4n) is 4.65. The molecule has 0 bridgehead atoms. The number of aryl methyl sites for hydroxylation is 1. The second kappa shape index (κ2) is 8.24. The highest BCUT2D eigenvalue weighted by Crippen LogP contribution is 2.52. The first-order valence-electron chi connectivity index (χ1n) is 10.3. The van der Waals surface area contributed by atoms with Crippen molar-refractivity contribution in [1.29, 1.82) is 0 Å². The van der Waals surface area contributed by atoms with E-state index in [1.807, 2.05) is 42.5 Å². The van der Waals surface area contributed by atoms with Crippen molar-refractivity contribution < 1.29 is 14.3 Å². The van der Waals surface area contributed by atoms with Crippen molar-refractivity contribution in [1.82, 2.24) is 0 Å². The van der Waals surface area contributed by atoms with E-state index in [2.05, 4.69) is 24.0 Å². The first-order valence-corrected chi connectivity index (χ1v) is 10.3. The molecule has 0 aromatic heterocycles. The summed E-state index contributed by atoms with van der Waals surface area (Å²) in [4.78, 5) is 24.6. The zero-order valence-corrected chi connectivity index (χ0v) is 16.7. The van der Waals surface area contributed by atoms with Crippen LogP contribution in [0.2, 0.25) is 0 Å². The minimum Gasteiger partial charge on any atom is -0.465 e. The molecule has 0 spiro atoms. The monoisotopic (exact) mass is 389 g/mol. The fraction of sp³-hybridized carbons (Fsp3) is 0.360. The molecule has 29 heavy (non-hydrogen) atoms. The predicted molar refractivity (Wildman–Crippen MR) is 113 cm³/mol. The summed E-state index contributed by atoms with van der Waals surface area (Å²) in [5, 5.41) is 2.96. The van der Waals surface area contributed by atoms with Gasteiger partial charge < -0.3 is 10.1 Å². The van der Waals surface area contributed by atoms with Gasteiger partial charge in [0.1, 0.15) is 0 Å². The fourth-order valence-corrected chi connectivity index (χ4v) is 4.65. The van der Waals surface area contributed by atoms with Gasteiger partial charge in [0.05, 0.1) is 12.0 Å². The van der Waals surface area contributed by atoms with Gasteiger partial charge in [-0.15, -0.1) is 0 Å². The topological polar surface area (TPSA) is 55.4 Å². The maximum absolute atomic E-state index is 12.4. The molecule has 2 aromatic rings. The Morgan fingerprint density at radius 3 is 2.62 bits per heavy atom. The minimum absolute atomic E-state index is 0.0267. The Bertz CT molecular complexity index is 903. The van der Waals surface area contributed by atoms with Gasteiger partial charge >= 0.3 is 5.97 Å². The van der Waals surface area contributed by atoms with Crippen molar-refractivity contribution in [2.45, 2.75) is 38.5 Å². The van der Waals surface area contributed by atoms with Crippen LogP contribution in [0.1, 0.15) is 36.8 Å². The molecular formula is C25H27NO3. The second-order valence-corrected chi connectivity index (χ2v) is 8.34. The first kappa shape index (κ1) is 19.4. The maximum Gasteiger partial charge on any atom is 0.313 e. The van der Waals surface area contributed by atoms with Crippen LogP contribution in [0.4, 0.5) is 5.69 Å². The number of carbonyl (C=O) groups is 2. The van der Waals surface area contributed by atoms with Crippen molar-refractivity contribution in [2.24, 2.45) is 11.3 Å². The zero-order chi connectivity index (χ0) is 20.3. The van der Waals surface area contributed by atoms with Crippen LogP contribution in [0.15, 0.2) is 66.7 Å². The van der Waals surface area contributed by atoms with E-state index in [0.29, 0.717) is 19.4 Å². The first-order chi connectivity index (χ1) is 14.0. The Labute approximate surface area is 172 Å². The molecule has 1 aliphatic heterocycles. The number of benzene rings is 2. The molecule has 2 aromatic carbocycles. The standard InChI is InChI=1S/C25H27NO3/c1-18-14-21-17-29-24(28)25(21,15-18)16-20-10-12-22(13-11-20)26-23(27)9-5-8-19-6-3-2-4-7-19/h2-4,6-7,10-13,21H,1,5,8-9,14-17H2,(H,26,27). The molecule has 2 fully saturated rings. The summed E-state index contributed by atoms with van der Waals surface area (Å²) in [6.45, 7) is 4.60. The molecule has 1 saturated carbocycles. The Hall–Kier alpha value is -2.88. The van der Waals surface area contributed by atoms with E-state index in [1.165, 1.54) is 5.56 Å². The van der Waals surface area contributed by atoms with Crippen LogP contribution in [0, 0.1) is 11.3 Å². The SMILES string of the molecule is C=C1CC2COC(=O)C2(Cc2ccc(NC(=O)CCCc3ccccc3)cc2)C1. The summed E-state index contributed by atoms with van der Waals surface area (Å²) in [7, 11) is 0. The van der Waals surface area contributed by atoms with E-state index in [9.17, 15) is 9.59 Å². The van der Waals surface area contributed by atoms with Gasteiger partial charge in [0, 0.05) is 18.0 Å². The third-order valence-electron chi connectivity index (χ3n) is 6.17. The zero-order valence-electron chi connectivity index (χ0n) is 16.7. The molecule has 2 atom stereocenters. The third-order valence-corrected chi connectivity index (χ3v) is 6.17. The number of cyclic esters (lactones) is 1. The lowest BCUT2D eigenvalue weighted by molar-refractivity contribution is -0.146. The average molecular weight is 389 g/mol. The molecule has 150 valence electrons. The van der Waals surface area contributed by atoms with E-state index in [-0.39, 0.29) is 17.8 Å². The van der Waals surface area contributed by atoms with Crippen LogP contribution < -0.4 is 5.32 Å². The van der Waals surface area contributed by atoms with Gasteiger partial charge in [-0.25, -0.2) is 0 Å². The summed E-state index contributed by atoms with van der Waals surface area (Å²) in [6.07, 6.45) is 4.48. The minimum atomic E-state index is -0.445. The van der Waals surface area contributed by atoms with E-state index >= 15 is 0 Å². The lowest BCUT2D eigenvalue weighted by Gasteiger charge is -2.24. The highest BCUT2D eigenvalue weighted by atomic mass is 16.5. The van der Waals surface area contributed by atoms with Crippen LogP contribution in [-0.2, 0) is 27.2 Å². The van der Waals surface area contributed by atoms with Crippen molar-refractivity contribution in [2.75, 3.05) is 11.9 Å². The summed E-state index contributed by atoms with van der Waals surface area (Å²) in [5.74, 6) is 0.183. The van der Waals surface area contributed by atoms with Gasteiger partial charge in [-0.05, 0) is 55.4 Å². The number of ether oxygens (including phenoxy) is 1. The van der Waals surface area contributed by atoms with Crippen molar-refractivity contribution in [3.63, 3.8) is 0 Å². The number of hydrogen-bond donors (Lipinski definition) is 1. The Kier molecular flexibility index (Phi) is 5.52. The number of allylic oxidation sites excluding steroid dienone is 1.